The maximum atomic E-state index is 10.3. The number of nitrogens with zero attached hydrogens (tertiary/aromatic N) is 1. The van der Waals surface area contributed by atoms with Gasteiger partial charge in [-0.15, -0.1) is 0 Å². The summed E-state index contributed by atoms with van der Waals surface area (Å²) in [5, 5.41) is 24.6. The summed E-state index contributed by atoms with van der Waals surface area (Å²) in [6.07, 6.45) is 0.647. The lowest BCUT2D eigenvalue weighted by Gasteiger charge is -2.22. The summed E-state index contributed by atoms with van der Waals surface area (Å²) in [6.45, 7) is 1.42. The van der Waals surface area contributed by atoms with E-state index in [0.29, 0.717) is 31.7 Å². The second-order valence-corrected chi connectivity index (χ2v) is 5.20. The van der Waals surface area contributed by atoms with Gasteiger partial charge >= 0.3 is 0 Å². The van der Waals surface area contributed by atoms with Gasteiger partial charge in [0.25, 0.3) is 0 Å². The summed E-state index contributed by atoms with van der Waals surface area (Å²) in [5.74, 6) is 0. The Bertz CT molecular complexity index is 670. The molecule has 0 aromatic heterocycles. The highest BCUT2D eigenvalue weighted by atomic mass is 16.5. The van der Waals surface area contributed by atoms with Crippen molar-refractivity contribution in [1.29, 1.82) is 5.26 Å². The quantitative estimate of drug-likeness (QED) is 0.896. The lowest BCUT2D eigenvalue weighted by Crippen LogP contribution is -2.37. The largest absolute Gasteiger partial charge is 0.386 e. The second kappa shape index (κ2) is 5.12. The summed E-state index contributed by atoms with van der Waals surface area (Å²) in [6, 6.07) is 13.7. The van der Waals surface area contributed by atoms with Gasteiger partial charge in [0.1, 0.15) is 5.60 Å². The van der Waals surface area contributed by atoms with Crippen LogP contribution in [-0.4, -0.2) is 30.5 Å². The van der Waals surface area contributed by atoms with Gasteiger partial charge in [0.15, 0.2) is 0 Å². The maximum absolute atomic E-state index is 10.3. The molecule has 0 spiro atoms. The van der Waals surface area contributed by atoms with Crippen LogP contribution in [0.3, 0.4) is 0 Å². The smallest absolute Gasteiger partial charge is 0.107 e. The number of ether oxygens (including phenoxy) is 1. The average Bonchev–Trinajstić information content (AvgIpc) is 2.92. The summed E-state index contributed by atoms with van der Waals surface area (Å²) in [7, 11) is 0. The molecule has 20 heavy (non-hydrogen) atoms. The van der Waals surface area contributed by atoms with Crippen LogP contribution in [0.1, 0.15) is 12.0 Å². The van der Waals surface area contributed by atoms with E-state index in [2.05, 4.69) is 11.4 Å². The first kappa shape index (κ1) is 12.9. The van der Waals surface area contributed by atoms with Gasteiger partial charge in [-0.05, 0) is 12.1 Å². The summed E-state index contributed by atoms with van der Waals surface area (Å²) < 4.78 is 5.24. The molecular formula is C16H16N2O2. The Morgan fingerprint density at radius 1 is 1.25 bits per heavy atom. The van der Waals surface area contributed by atoms with Crippen molar-refractivity contribution in [2.45, 2.75) is 12.0 Å². The van der Waals surface area contributed by atoms with Crippen LogP contribution in [0, 0.1) is 11.3 Å². The normalized spacial score (nSPS) is 21.8. The topological polar surface area (TPSA) is 65.3 Å². The van der Waals surface area contributed by atoms with E-state index in [-0.39, 0.29) is 0 Å². The van der Waals surface area contributed by atoms with Crippen LogP contribution in [0.4, 0.5) is 5.69 Å². The molecule has 0 radical (unpaired) electrons. The standard InChI is InChI=1S/C16H16N2O2/c17-9-12-5-6-15(14-4-2-1-3-13(12)14)18-10-16(19)7-8-20-11-16/h1-6,18-19H,7-8,10-11H2. The molecule has 4 nitrogen and oxygen atoms in total. The minimum absolute atomic E-state index is 0.369. The number of hydrogen-bond acceptors (Lipinski definition) is 4. The molecule has 1 aliphatic heterocycles. The fourth-order valence-electron chi connectivity index (χ4n) is 2.55. The molecule has 2 N–H and O–H groups in total. The van der Waals surface area contributed by atoms with Crippen molar-refractivity contribution in [1.82, 2.24) is 0 Å². The lowest BCUT2D eigenvalue weighted by molar-refractivity contribution is 0.0382. The number of nitrogens with one attached hydrogen (secondary N) is 1. The molecule has 0 aliphatic carbocycles. The van der Waals surface area contributed by atoms with Crippen LogP contribution in [0.15, 0.2) is 36.4 Å². The monoisotopic (exact) mass is 268 g/mol. The Morgan fingerprint density at radius 3 is 2.75 bits per heavy atom. The Morgan fingerprint density at radius 2 is 2.05 bits per heavy atom. The summed E-state index contributed by atoms with van der Waals surface area (Å²) in [4.78, 5) is 0. The third-order valence-electron chi connectivity index (χ3n) is 3.73. The van der Waals surface area contributed by atoms with Crippen molar-refractivity contribution < 1.29 is 9.84 Å². The molecule has 102 valence electrons. The van der Waals surface area contributed by atoms with Crippen molar-refractivity contribution in [3.8, 4) is 6.07 Å². The van der Waals surface area contributed by atoms with Gasteiger partial charge < -0.3 is 15.2 Å². The Hall–Kier alpha value is -2.09. The van der Waals surface area contributed by atoms with Crippen LogP contribution in [-0.2, 0) is 4.74 Å². The molecule has 1 aliphatic rings. The number of hydrogen-bond donors (Lipinski definition) is 2. The minimum Gasteiger partial charge on any atom is -0.386 e. The zero-order chi connectivity index (χ0) is 14.0. The Kier molecular flexibility index (Phi) is 3.31. The fourth-order valence-corrected chi connectivity index (χ4v) is 2.55. The van der Waals surface area contributed by atoms with E-state index in [4.69, 9.17) is 10.00 Å². The first-order valence-corrected chi connectivity index (χ1v) is 6.68. The minimum atomic E-state index is -0.797. The average molecular weight is 268 g/mol. The van der Waals surface area contributed by atoms with E-state index in [1.165, 1.54) is 0 Å². The van der Waals surface area contributed by atoms with Crippen LogP contribution in [0.25, 0.3) is 10.8 Å². The molecule has 1 unspecified atom stereocenters. The molecule has 1 saturated heterocycles. The number of rotatable bonds is 3. The van der Waals surface area contributed by atoms with Crippen molar-refractivity contribution in [2.24, 2.45) is 0 Å². The van der Waals surface area contributed by atoms with Gasteiger partial charge in [-0.3, -0.25) is 0 Å². The molecule has 2 aromatic carbocycles. The highest BCUT2D eigenvalue weighted by molar-refractivity contribution is 5.97. The van der Waals surface area contributed by atoms with Gasteiger partial charge in [-0.25, -0.2) is 0 Å². The van der Waals surface area contributed by atoms with Gasteiger partial charge in [-0.1, -0.05) is 24.3 Å². The fraction of sp³-hybridized carbons (Fsp3) is 0.312. The highest BCUT2D eigenvalue weighted by Crippen LogP contribution is 2.27. The molecule has 1 fully saturated rings. The molecular weight excluding hydrogens is 252 g/mol. The van der Waals surface area contributed by atoms with Crippen molar-refractivity contribution in [3.05, 3.63) is 42.0 Å². The Balaban J connectivity index is 1.91. The number of nitriles is 1. The van der Waals surface area contributed by atoms with Crippen molar-refractivity contribution >= 4 is 16.5 Å². The molecule has 1 heterocycles. The van der Waals surface area contributed by atoms with E-state index in [0.717, 1.165) is 16.5 Å². The van der Waals surface area contributed by atoms with Gasteiger partial charge in [0, 0.05) is 36.0 Å². The molecule has 1 atom stereocenters. The second-order valence-electron chi connectivity index (χ2n) is 5.20. The molecule has 0 saturated carbocycles. The van der Waals surface area contributed by atoms with Crippen molar-refractivity contribution in [2.75, 3.05) is 25.1 Å². The molecule has 2 aromatic rings. The number of fused-ring (bicyclic) bond motifs is 1. The molecule has 3 rings (SSSR count). The number of anilines is 1. The van der Waals surface area contributed by atoms with Gasteiger partial charge in [0.05, 0.1) is 18.2 Å². The summed E-state index contributed by atoms with van der Waals surface area (Å²) in [5.41, 5.74) is 0.795. The maximum Gasteiger partial charge on any atom is 0.107 e. The van der Waals surface area contributed by atoms with E-state index in [1.54, 1.807) is 6.07 Å². The molecule has 4 heteroatoms. The predicted octanol–water partition coefficient (Wildman–Crippen LogP) is 2.27. The summed E-state index contributed by atoms with van der Waals surface area (Å²) >= 11 is 0. The zero-order valence-corrected chi connectivity index (χ0v) is 11.1. The Labute approximate surface area is 117 Å². The zero-order valence-electron chi connectivity index (χ0n) is 11.1. The first-order chi connectivity index (χ1) is 9.72. The van der Waals surface area contributed by atoms with Crippen LogP contribution in [0.2, 0.25) is 0 Å². The number of aliphatic hydroxyl groups is 1. The van der Waals surface area contributed by atoms with Crippen LogP contribution < -0.4 is 5.32 Å². The highest BCUT2D eigenvalue weighted by Gasteiger charge is 2.31. The van der Waals surface area contributed by atoms with Gasteiger partial charge in [-0.2, -0.15) is 5.26 Å². The van der Waals surface area contributed by atoms with Crippen LogP contribution in [0.5, 0.6) is 0 Å². The van der Waals surface area contributed by atoms with Crippen molar-refractivity contribution in [3.63, 3.8) is 0 Å². The lowest BCUT2D eigenvalue weighted by atomic mass is 10.0. The third kappa shape index (κ3) is 2.34. The van der Waals surface area contributed by atoms with E-state index >= 15 is 0 Å². The molecule has 0 bridgehead atoms. The predicted molar refractivity (Wildman–Crippen MR) is 77.5 cm³/mol. The van der Waals surface area contributed by atoms with Crippen LogP contribution >= 0.6 is 0 Å². The van der Waals surface area contributed by atoms with E-state index in [9.17, 15) is 5.11 Å². The SMILES string of the molecule is N#Cc1ccc(NCC2(O)CCOC2)c2ccccc12. The number of benzene rings is 2. The first-order valence-electron chi connectivity index (χ1n) is 6.68. The molecule has 0 amide bonds. The van der Waals surface area contributed by atoms with E-state index < -0.39 is 5.60 Å². The third-order valence-corrected chi connectivity index (χ3v) is 3.73. The van der Waals surface area contributed by atoms with Gasteiger partial charge in [0.2, 0.25) is 0 Å². The van der Waals surface area contributed by atoms with E-state index in [1.807, 2.05) is 30.3 Å².